The van der Waals surface area contributed by atoms with Crippen LogP contribution in [-0.2, 0) is 10.0 Å². The first-order chi connectivity index (χ1) is 9.16. The summed E-state index contributed by atoms with van der Waals surface area (Å²) in [6.07, 6.45) is 1.62. The second-order valence-electron chi connectivity index (χ2n) is 4.56. The summed E-state index contributed by atoms with van der Waals surface area (Å²) in [5, 5.41) is 5.10. The number of carbonyl (C=O) groups is 1. The molecule has 0 saturated carbocycles. The summed E-state index contributed by atoms with van der Waals surface area (Å²) in [6.45, 7) is 7.75. The third-order valence-electron chi connectivity index (χ3n) is 2.66. The van der Waals surface area contributed by atoms with E-state index < -0.39 is 10.0 Å². The lowest BCUT2D eigenvalue weighted by atomic mass is 10.1. The first kappa shape index (κ1) is 16.9. The zero-order chi connectivity index (χ0) is 15.5. The van der Waals surface area contributed by atoms with E-state index in [0.717, 1.165) is 0 Å². The van der Waals surface area contributed by atoms with E-state index in [4.69, 9.17) is 5.14 Å². The molecule has 0 atom stereocenters. The number of halogens is 1. The van der Waals surface area contributed by atoms with E-state index in [9.17, 15) is 13.2 Å². The number of rotatable bonds is 5. The number of nitrogens with zero attached hydrogens (tertiary/aromatic N) is 1. The van der Waals surface area contributed by atoms with Crippen LogP contribution in [0, 0.1) is 0 Å². The molecule has 1 aromatic carbocycles. The molecule has 7 heteroatoms. The number of amides is 1. The summed E-state index contributed by atoms with van der Waals surface area (Å²) < 4.78 is 23.3. The Morgan fingerprint density at radius 2 is 2.05 bits per heavy atom. The van der Waals surface area contributed by atoms with Crippen LogP contribution in [0.15, 0.2) is 40.2 Å². The molecule has 0 aliphatic carbocycles. The molecule has 0 aliphatic heterocycles. The SMILES string of the molecule is C=CCN(C(=O)c1cc(Br)cc(S(N)(=O)=O)c1)C(C)C. The fraction of sp³-hybridized carbons (Fsp3) is 0.308. The second kappa shape index (κ2) is 6.51. The Kier molecular flexibility index (Phi) is 5.50. The largest absolute Gasteiger partial charge is 0.333 e. The van der Waals surface area contributed by atoms with Gasteiger partial charge in [0.25, 0.3) is 5.91 Å². The fourth-order valence-corrected chi connectivity index (χ4v) is 2.91. The quantitative estimate of drug-likeness (QED) is 0.816. The monoisotopic (exact) mass is 360 g/mol. The van der Waals surface area contributed by atoms with Gasteiger partial charge in [-0.2, -0.15) is 0 Å². The molecule has 0 spiro atoms. The molecule has 0 unspecified atom stereocenters. The van der Waals surface area contributed by atoms with Crippen LogP contribution in [0.4, 0.5) is 0 Å². The van der Waals surface area contributed by atoms with E-state index in [0.29, 0.717) is 11.0 Å². The van der Waals surface area contributed by atoms with Crippen LogP contribution in [0.2, 0.25) is 0 Å². The number of carbonyl (C=O) groups excluding carboxylic acids is 1. The molecule has 0 aromatic heterocycles. The Balaban J connectivity index is 3.28. The van der Waals surface area contributed by atoms with Gasteiger partial charge in [0.1, 0.15) is 0 Å². The van der Waals surface area contributed by atoms with Crippen molar-refractivity contribution in [1.82, 2.24) is 4.90 Å². The van der Waals surface area contributed by atoms with Crippen molar-refractivity contribution < 1.29 is 13.2 Å². The van der Waals surface area contributed by atoms with Crippen LogP contribution in [0.1, 0.15) is 24.2 Å². The van der Waals surface area contributed by atoms with Crippen LogP contribution in [0.5, 0.6) is 0 Å². The van der Waals surface area contributed by atoms with E-state index in [-0.39, 0.29) is 22.4 Å². The molecule has 0 radical (unpaired) electrons. The van der Waals surface area contributed by atoms with Gasteiger partial charge < -0.3 is 4.90 Å². The lowest BCUT2D eigenvalue weighted by molar-refractivity contribution is 0.0728. The van der Waals surface area contributed by atoms with Crippen molar-refractivity contribution in [3.63, 3.8) is 0 Å². The number of benzene rings is 1. The minimum absolute atomic E-state index is 0.0302. The standard InChI is InChI=1S/C13H17BrN2O3S/c1-4-5-16(9(2)3)13(17)10-6-11(14)8-12(7-10)20(15,18)19/h4,6-9H,1,5H2,2-3H3,(H2,15,18,19). The van der Waals surface area contributed by atoms with Gasteiger partial charge in [-0.3, -0.25) is 4.79 Å². The Labute approximate surface area is 127 Å². The zero-order valence-corrected chi connectivity index (χ0v) is 13.7. The minimum Gasteiger partial charge on any atom is -0.333 e. The van der Waals surface area contributed by atoms with Crippen molar-refractivity contribution in [2.75, 3.05) is 6.54 Å². The van der Waals surface area contributed by atoms with E-state index in [1.807, 2.05) is 13.8 Å². The van der Waals surface area contributed by atoms with Gasteiger partial charge in [0, 0.05) is 22.6 Å². The molecule has 0 saturated heterocycles. The van der Waals surface area contributed by atoms with Gasteiger partial charge in [-0.15, -0.1) is 6.58 Å². The molecule has 0 heterocycles. The summed E-state index contributed by atoms with van der Waals surface area (Å²) in [4.78, 5) is 13.9. The number of nitrogens with two attached hydrogens (primary N) is 1. The number of sulfonamides is 1. The molecule has 20 heavy (non-hydrogen) atoms. The highest BCUT2D eigenvalue weighted by atomic mass is 79.9. The van der Waals surface area contributed by atoms with E-state index in [1.54, 1.807) is 17.0 Å². The van der Waals surface area contributed by atoms with Gasteiger partial charge in [0.2, 0.25) is 10.0 Å². The molecule has 110 valence electrons. The van der Waals surface area contributed by atoms with Crippen LogP contribution in [0.25, 0.3) is 0 Å². The lowest BCUT2D eigenvalue weighted by Crippen LogP contribution is -2.37. The molecule has 5 nitrogen and oxygen atoms in total. The number of hydrogen-bond donors (Lipinski definition) is 1. The molecular weight excluding hydrogens is 344 g/mol. The average molecular weight is 361 g/mol. The fourth-order valence-electron chi connectivity index (χ4n) is 1.68. The predicted octanol–water partition coefficient (Wildman–Crippen LogP) is 2.13. The lowest BCUT2D eigenvalue weighted by Gasteiger charge is -2.25. The number of hydrogen-bond acceptors (Lipinski definition) is 3. The van der Waals surface area contributed by atoms with Crippen molar-refractivity contribution in [2.45, 2.75) is 24.8 Å². The van der Waals surface area contributed by atoms with Crippen LogP contribution in [-0.4, -0.2) is 31.8 Å². The summed E-state index contributed by atoms with van der Waals surface area (Å²) in [7, 11) is -3.86. The van der Waals surface area contributed by atoms with E-state index >= 15 is 0 Å². The van der Waals surface area contributed by atoms with Crippen molar-refractivity contribution in [3.05, 3.63) is 40.9 Å². The van der Waals surface area contributed by atoms with Crippen LogP contribution in [0.3, 0.4) is 0 Å². The highest BCUT2D eigenvalue weighted by Crippen LogP contribution is 2.20. The van der Waals surface area contributed by atoms with Crippen LogP contribution < -0.4 is 5.14 Å². The third kappa shape index (κ3) is 4.16. The highest BCUT2D eigenvalue weighted by molar-refractivity contribution is 9.10. The highest BCUT2D eigenvalue weighted by Gasteiger charge is 2.20. The molecule has 1 amide bonds. The molecule has 0 aliphatic rings. The molecule has 2 N–H and O–H groups in total. The van der Waals surface area contributed by atoms with E-state index in [1.165, 1.54) is 12.1 Å². The van der Waals surface area contributed by atoms with Crippen molar-refractivity contribution in [3.8, 4) is 0 Å². The predicted molar refractivity (Wildman–Crippen MR) is 81.9 cm³/mol. The molecule has 0 bridgehead atoms. The Morgan fingerprint density at radius 3 is 2.50 bits per heavy atom. The molecular formula is C13H17BrN2O3S. The van der Waals surface area contributed by atoms with Gasteiger partial charge in [0.15, 0.2) is 0 Å². The summed E-state index contributed by atoms with van der Waals surface area (Å²) in [5.74, 6) is -0.272. The van der Waals surface area contributed by atoms with E-state index in [2.05, 4.69) is 22.5 Å². The third-order valence-corrected chi connectivity index (χ3v) is 4.01. The van der Waals surface area contributed by atoms with Crippen molar-refractivity contribution in [1.29, 1.82) is 0 Å². The maximum atomic E-state index is 12.4. The first-order valence-electron chi connectivity index (χ1n) is 5.92. The Morgan fingerprint density at radius 1 is 1.45 bits per heavy atom. The van der Waals surface area contributed by atoms with Gasteiger partial charge in [-0.25, -0.2) is 13.6 Å². The zero-order valence-electron chi connectivity index (χ0n) is 11.3. The second-order valence-corrected chi connectivity index (χ2v) is 7.04. The Bertz CT molecular complexity index is 627. The summed E-state index contributed by atoms with van der Waals surface area (Å²) >= 11 is 3.19. The van der Waals surface area contributed by atoms with Crippen LogP contribution >= 0.6 is 15.9 Å². The topological polar surface area (TPSA) is 80.5 Å². The smallest absolute Gasteiger partial charge is 0.254 e. The van der Waals surface area contributed by atoms with Crippen molar-refractivity contribution >= 4 is 31.9 Å². The van der Waals surface area contributed by atoms with Crippen molar-refractivity contribution in [2.24, 2.45) is 5.14 Å². The van der Waals surface area contributed by atoms with Gasteiger partial charge >= 0.3 is 0 Å². The molecule has 0 fully saturated rings. The van der Waals surface area contributed by atoms with Gasteiger partial charge in [0.05, 0.1) is 4.90 Å². The average Bonchev–Trinajstić information content (AvgIpc) is 2.33. The minimum atomic E-state index is -3.86. The molecule has 1 rings (SSSR count). The van der Waals surface area contributed by atoms with Gasteiger partial charge in [-0.05, 0) is 32.0 Å². The summed E-state index contributed by atoms with van der Waals surface area (Å²) in [5.41, 5.74) is 0.263. The van der Waals surface area contributed by atoms with Gasteiger partial charge in [-0.1, -0.05) is 22.0 Å². The first-order valence-corrected chi connectivity index (χ1v) is 8.26. The summed E-state index contributed by atoms with van der Waals surface area (Å²) in [6, 6.07) is 4.17. The Hall–Kier alpha value is -1.18. The molecule has 1 aromatic rings. The maximum Gasteiger partial charge on any atom is 0.254 e. The number of primary sulfonamides is 1. The normalized spacial score (nSPS) is 11.4. The maximum absolute atomic E-state index is 12.4.